The molecule has 9 nitrogen and oxygen atoms in total. The van der Waals surface area contributed by atoms with E-state index in [1.54, 1.807) is 0 Å². The molecule has 73 heavy (non-hydrogen) atoms. The van der Waals surface area contributed by atoms with Crippen molar-refractivity contribution in [2.45, 2.75) is 277 Å². The second kappa shape index (κ2) is 58.5. The third kappa shape index (κ3) is 58.3. The Bertz CT molecular complexity index is 1470. The van der Waals surface area contributed by atoms with Gasteiger partial charge in [-0.25, -0.2) is 4.57 Å². The van der Waals surface area contributed by atoms with E-state index in [1.807, 2.05) is 0 Å². The lowest BCUT2D eigenvalue weighted by molar-refractivity contribution is -0.161. The Kier molecular flexibility index (Phi) is 56.2. The number of nitrogens with two attached hydrogens (primary N) is 1. The van der Waals surface area contributed by atoms with Gasteiger partial charge < -0.3 is 20.1 Å². The molecule has 0 amide bonds. The van der Waals surface area contributed by atoms with Crippen molar-refractivity contribution < 1.29 is 37.6 Å². The van der Waals surface area contributed by atoms with Crippen LogP contribution in [0.4, 0.5) is 0 Å². The standard InChI is InChI=1S/C63H112NO8P/c1-3-5-7-9-11-13-15-17-19-21-23-24-25-26-27-28-29-30-31-32-33-34-35-36-38-40-42-44-46-48-50-52-54-56-63(66)72-61(60-71-73(67,68)70-58-57-64)59-69-62(65)55-53-51-49-47-45-43-41-39-37-22-20-18-16-14-12-10-8-6-4-2/h5,7,11-14,17-20,23-24,26-27,61H,3-4,6,8-10,15-16,21-22,25,28-60,64H2,1-2H3,(H,67,68)/b7-5-,13-11-,14-12-,19-17-,20-18-,24-23-,27-26-. The van der Waals surface area contributed by atoms with Crippen molar-refractivity contribution in [1.82, 2.24) is 0 Å². The van der Waals surface area contributed by atoms with Crippen LogP contribution in [0, 0.1) is 0 Å². The van der Waals surface area contributed by atoms with Crippen LogP contribution in [0.15, 0.2) is 85.1 Å². The lowest BCUT2D eigenvalue weighted by Gasteiger charge is -2.19. The number of carbonyl (C=O) groups excluding carboxylic acids is 2. The summed E-state index contributed by atoms with van der Waals surface area (Å²) in [5.41, 5.74) is 5.38. The molecule has 0 fully saturated rings. The van der Waals surface area contributed by atoms with Crippen molar-refractivity contribution >= 4 is 19.8 Å². The van der Waals surface area contributed by atoms with E-state index in [0.29, 0.717) is 6.42 Å². The molecule has 0 bridgehead atoms. The van der Waals surface area contributed by atoms with Crippen LogP contribution in [0.2, 0.25) is 0 Å². The fraction of sp³-hybridized carbons (Fsp3) is 0.746. The Morgan fingerprint density at radius 1 is 0.425 bits per heavy atom. The monoisotopic (exact) mass is 1040 g/mol. The zero-order valence-corrected chi connectivity index (χ0v) is 48.0. The van der Waals surface area contributed by atoms with Crippen LogP contribution in [0.1, 0.15) is 271 Å². The van der Waals surface area contributed by atoms with Gasteiger partial charge in [0.2, 0.25) is 0 Å². The first-order valence-corrected chi connectivity index (χ1v) is 31.6. The summed E-state index contributed by atoms with van der Waals surface area (Å²) in [5, 5.41) is 0. The number of carbonyl (C=O) groups is 2. The molecule has 0 aromatic rings. The maximum absolute atomic E-state index is 12.7. The van der Waals surface area contributed by atoms with Gasteiger partial charge >= 0.3 is 19.8 Å². The smallest absolute Gasteiger partial charge is 0.462 e. The van der Waals surface area contributed by atoms with E-state index in [9.17, 15) is 19.0 Å². The predicted octanol–water partition coefficient (Wildman–Crippen LogP) is 19.1. The van der Waals surface area contributed by atoms with Gasteiger partial charge in [-0.2, -0.15) is 0 Å². The topological polar surface area (TPSA) is 134 Å². The second-order valence-electron chi connectivity index (χ2n) is 19.8. The van der Waals surface area contributed by atoms with Gasteiger partial charge in [0.1, 0.15) is 6.61 Å². The number of hydrogen-bond donors (Lipinski definition) is 2. The van der Waals surface area contributed by atoms with Gasteiger partial charge in [0.05, 0.1) is 13.2 Å². The van der Waals surface area contributed by atoms with Crippen LogP contribution in [0.3, 0.4) is 0 Å². The van der Waals surface area contributed by atoms with Gasteiger partial charge in [-0.15, -0.1) is 0 Å². The molecular weight excluding hydrogens is 930 g/mol. The summed E-state index contributed by atoms with van der Waals surface area (Å²) in [4.78, 5) is 35.2. The Morgan fingerprint density at radius 3 is 1.12 bits per heavy atom. The van der Waals surface area contributed by atoms with Gasteiger partial charge in [-0.1, -0.05) is 253 Å². The third-order valence-electron chi connectivity index (χ3n) is 12.8. The van der Waals surface area contributed by atoms with Gasteiger partial charge in [0.15, 0.2) is 6.10 Å². The number of esters is 2. The van der Waals surface area contributed by atoms with Crippen LogP contribution >= 0.6 is 7.82 Å². The Hall–Kier alpha value is -2.81. The second-order valence-corrected chi connectivity index (χ2v) is 21.3. The largest absolute Gasteiger partial charge is 0.472 e. The first-order valence-electron chi connectivity index (χ1n) is 30.1. The summed E-state index contributed by atoms with van der Waals surface area (Å²) < 4.78 is 33.1. The minimum absolute atomic E-state index is 0.0510. The molecule has 0 aromatic heterocycles. The molecule has 0 aliphatic heterocycles. The highest BCUT2D eigenvalue weighted by Crippen LogP contribution is 2.43. The molecule has 0 aromatic carbocycles. The Morgan fingerprint density at radius 2 is 0.753 bits per heavy atom. The fourth-order valence-electron chi connectivity index (χ4n) is 8.34. The molecule has 2 unspecified atom stereocenters. The van der Waals surface area contributed by atoms with Crippen LogP contribution in [0.5, 0.6) is 0 Å². The summed E-state index contributed by atoms with van der Waals surface area (Å²) in [5.74, 6) is -0.827. The van der Waals surface area contributed by atoms with Crippen molar-refractivity contribution in [1.29, 1.82) is 0 Å². The molecule has 422 valence electrons. The molecular formula is C63H112NO8P. The quantitative estimate of drug-likeness (QED) is 0.0264. The van der Waals surface area contributed by atoms with Crippen LogP contribution in [0.25, 0.3) is 0 Å². The first-order chi connectivity index (χ1) is 35.8. The first kappa shape index (κ1) is 70.2. The minimum Gasteiger partial charge on any atom is -0.462 e. The highest BCUT2D eigenvalue weighted by molar-refractivity contribution is 7.47. The highest BCUT2D eigenvalue weighted by atomic mass is 31.2. The van der Waals surface area contributed by atoms with E-state index in [4.69, 9.17) is 24.3 Å². The molecule has 0 saturated heterocycles. The summed E-state index contributed by atoms with van der Waals surface area (Å²) in [6, 6.07) is 0. The van der Waals surface area contributed by atoms with E-state index in [1.165, 1.54) is 161 Å². The normalized spacial score (nSPS) is 13.6. The molecule has 0 heterocycles. The predicted molar refractivity (Wildman–Crippen MR) is 312 cm³/mol. The summed E-state index contributed by atoms with van der Waals surface area (Å²) in [6.45, 7) is 3.62. The molecule has 2 atom stereocenters. The van der Waals surface area contributed by atoms with E-state index in [0.717, 1.165) is 77.0 Å². The maximum Gasteiger partial charge on any atom is 0.472 e. The number of allylic oxidation sites excluding steroid dienone is 14. The van der Waals surface area contributed by atoms with Gasteiger partial charge in [0.25, 0.3) is 0 Å². The molecule has 0 radical (unpaired) electrons. The summed E-state index contributed by atoms with van der Waals surface area (Å²) in [7, 11) is -4.39. The zero-order valence-electron chi connectivity index (χ0n) is 47.1. The molecule has 3 N–H and O–H groups in total. The van der Waals surface area contributed by atoms with Crippen molar-refractivity contribution in [3.8, 4) is 0 Å². The average Bonchev–Trinajstić information content (AvgIpc) is 3.38. The van der Waals surface area contributed by atoms with E-state index >= 15 is 0 Å². The number of phosphoric ester groups is 1. The molecule has 10 heteroatoms. The lowest BCUT2D eigenvalue weighted by Crippen LogP contribution is -2.29. The number of hydrogen-bond acceptors (Lipinski definition) is 8. The van der Waals surface area contributed by atoms with Crippen LogP contribution in [-0.4, -0.2) is 49.3 Å². The molecule has 0 spiro atoms. The SMILES string of the molecule is CC/C=C\C/C=C\C/C=C\C/C=C\C/C=C\CCCCCCCCCCCCCCCCCCCC(=O)OC(COC(=O)CCCCCCCCCCC/C=C\C/C=C\CCCCC)COP(=O)(O)OCCN. The summed E-state index contributed by atoms with van der Waals surface area (Å²) >= 11 is 0. The van der Waals surface area contributed by atoms with Crippen molar-refractivity contribution in [2.75, 3.05) is 26.4 Å². The number of phosphoric acid groups is 1. The highest BCUT2D eigenvalue weighted by Gasteiger charge is 2.26. The van der Waals surface area contributed by atoms with Crippen LogP contribution in [-0.2, 0) is 32.7 Å². The van der Waals surface area contributed by atoms with E-state index in [-0.39, 0.29) is 38.6 Å². The average molecular weight is 1040 g/mol. The molecule has 0 saturated carbocycles. The van der Waals surface area contributed by atoms with Crippen LogP contribution < -0.4 is 5.73 Å². The maximum atomic E-state index is 12.7. The van der Waals surface area contributed by atoms with Gasteiger partial charge in [-0.05, 0) is 89.9 Å². The summed E-state index contributed by atoms with van der Waals surface area (Å²) in [6.07, 6.45) is 76.4. The Labute approximate surface area is 449 Å². The van der Waals surface area contributed by atoms with E-state index < -0.39 is 26.5 Å². The van der Waals surface area contributed by atoms with Crippen molar-refractivity contribution in [2.24, 2.45) is 5.73 Å². The molecule has 0 aliphatic carbocycles. The zero-order chi connectivity index (χ0) is 53.1. The number of unbranched alkanes of at least 4 members (excludes halogenated alkanes) is 29. The van der Waals surface area contributed by atoms with E-state index in [2.05, 4.69) is 98.9 Å². The third-order valence-corrected chi connectivity index (χ3v) is 13.7. The fourth-order valence-corrected chi connectivity index (χ4v) is 9.11. The molecule has 0 aliphatic rings. The number of ether oxygens (including phenoxy) is 2. The van der Waals surface area contributed by atoms with Crippen molar-refractivity contribution in [3.63, 3.8) is 0 Å². The van der Waals surface area contributed by atoms with Gasteiger partial charge in [-0.3, -0.25) is 18.6 Å². The van der Waals surface area contributed by atoms with Crippen molar-refractivity contribution in [3.05, 3.63) is 85.1 Å². The number of rotatable bonds is 56. The van der Waals surface area contributed by atoms with Gasteiger partial charge in [0, 0.05) is 19.4 Å². The minimum atomic E-state index is -4.39. The lowest BCUT2D eigenvalue weighted by atomic mass is 10.0. The Balaban J connectivity index is 3.91. The molecule has 0 rings (SSSR count).